The van der Waals surface area contributed by atoms with Crippen molar-refractivity contribution in [1.82, 2.24) is 0 Å². The fraction of sp³-hybridized carbons (Fsp3) is 0.682. The molecule has 0 aliphatic rings. The fourth-order valence-corrected chi connectivity index (χ4v) is 3.54. The molecule has 1 aromatic carbocycles. The molecule has 0 fully saturated rings. The number of carbonyl (C=O) groups is 1. The molecule has 1 amide bonds. The van der Waals surface area contributed by atoms with Crippen LogP contribution in [0, 0.1) is 17.5 Å². The molecule has 2 nitrogen and oxygen atoms in total. The van der Waals surface area contributed by atoms with E-state index in [9.17, 15) is 18.0 Å². The lowest BCUT2D eigenvalue weighted by Crippen LogP contribution is -2.20. The summed E-state index contributed by atoms with van der Waals surface area (Å²) in [6.07, 6.45) is 11.5. The number of halogens is 3. The van der Waals surface area contributed by atoms with Gasteiger partial charge in [-0.15, -0.1) is 0 Å². The minimum Gasteiger partial charge on any atom is -0.365 e. The van der Waals surface area contributed by atoms with Gasteiger partial charge in [0.2, 0.25) is 0 Å². The van der Waals surface area contributed by atoms with E-state index in [1.165, 1.54) is 0 Å². The number of rotatable bonds is 14. The van der Waals surface area contributed by atoms with Gasteiger partial charge in [0.05, 0.1) is 5.56 Å². The van der Waals surface area contributed by atoms with E-state index < -0.39 is 28.9 Å². The van der Waals surface area contributed by atoms with Crippen molar-refractivity contribution in [1.29, 1.82) is 0 Å². The molecule has 1 rings (SSSR count). The maximum atomic E-state index is 14.5. The Morgan fingerprint density at radius 1 is 0.667 bits per heavy atom. The predicted molar refractivity (Wildman–Crippen MR) is 104 cm³/mol. The highest BCUT2D eigenvalue weighted by molar-refractivity contribution is 5.95. The first-order valence-corrected chi connectivity index (χ1v) is 10.4. The number of amides is 1. The molecule has 27 heavy (non-hydrogen) atoms. The van der Waals surface area contributed by atoms with Crippen LogP contribution in [0.2, 0.25) is 0 Å². The summed E-state index contributed by atoms with van der Waals surface area (Å²) in [5, 5.41) is 0. The largest absolute Gasteiger partial charge is 0.365 e. The molecule has 0 heterocycles. The first-order chi connectivity index (χ1) is 13.0. The first kappa shape index (κ1) is 23.5. The molecule has 0 spiro atoms. The van der Waals surface area contributed by atoms with Crippen LogP contribution < -0.4 is 5.73 Å². The standard InChI is InChI=1S/C22H34F3NO/c1-3-5-7-9-11-13-15-17-16(14-12-10-8-6-4-2)18(22(26)27)20(24)21(25)19(17)23/h3-15H2,1-2H3,(H2,26,27). The molecule has 1 aromatic rings. The Morgan fingerprint density at radius 2 is 1.11 bits per heavy atom. The highest BCUT2D eigenvalue weighted by Gasteiger charge is 2.26. The van der Waals surface area contributed by atoms with Crippen LogP contribution in [0.5, 0.6) is 0 Å². The van der Waals surface area contributed by atoms with Crippen LogP contribution in [0.4, 0.5) is 13.2 Å². The zero-order chi connectivity index (χ0) is 20.2. The van der Waals surface area contributed by atoms with Crippen molar-refractivity contribution in [3.05, 3.63) is 34.1 Å². The first-order valence-electron chi connectivity index (χ1n) is 10.4. The van der Waals surface area contributed by atoms with Gasteiger partial charge < -0.3 is 5.73 Å². The van der Waals surface area contributed by atoms with Crippen LogP contribution >= 0.6 is 0 Å². The van der Waals surface area contributed by atoms with E-state index in [1.807, 2.05) is 0 Å². The number of hydrogen-bond acceptors (Lipinski definition) is 1. The summed E-state index contributed by atoms with van der Waals surface area (Å²) in [5.41, 5.74) is 5.23. The van der Waals surface area contributed by atoms with Crippen LogP contribution in [0.15, 0.2) is 0 Å². The Hall–Kier alpha value is -1.52. The molecule has 0 aliphatic heterocycles. The van der Waals surface area contributed by atoms with Crippen LogP contribution in [0.25, 0.3) is 0 Å². The Bertz CT molecular complexity index is 602. The van der Waals surface area contributed by atoms with Gasteiger partial charge in [-0.05, 0) is 36.8 Å². The van der Waals surface area contributed by atoms with Crippen molar-refractivity contribution >= 4 is 5.91 Å². The molecule has 0 atom stereocenters. The van der Waals surface area contributed by atoms with Crippen LogP contribution in [-0.2, 0) is 12.8 Å². The van der Waals surface area contributed by atoms with Gasteiger partial charge in [0.15, 0.2) is 17.5 Å². The number of nitrogens with two attached hydrogens (primary N) is 1. The highest BCUT2D eigenvalue weighted by Crippen LogP contribution is 2.28. The molecule has 0 aromatic heterocycles. The van der Waals surface area contributed by atoms with Crippen molar-refractivity contribution in [2.75, 3.05) is 0 Å². The van der Waals surface area contributed by atoms with Gasteiger partial charge >= 0.3 is 0 Å². The lowest BCUT2D eigenvalue weighted by Gasteiger charge is -2.16. The zero-order valence-electron chi connectivity index (χ0n) is 16.8. The molecule has 0 radical (unpaired) electrons. The second-order valence-electron chi connectivity index (χ2n) is 7.32. The average Bonchev–Trinajstić information content (AvgIpc) is 2.64. The van der Waals surface area contributed by atoms with Gasteiger partial charge in [0.25, 0.3) is 5.91 Å². The Balaban J connectivity index is 2.97. The molecule has 0 saturated carbocycles. The average molecular weight is 386 g/mol. The third-order valence-electron chi connectivity index (χ3n) is 5.09. The number of benzene rings is 1. The van der Waals surface area contributed by atoms with Crippen molar-refractivity contribution in [2.24, 2.45) is 5.73 Å². The molecule has 0 unspecified atom stereocenters. The van der Waals surface area contributed by atoms with E-state index in [0.717, 1.165) is 57.8 Å². The van der Waals surface area contributed by atoms with Gasteiger partial charge in [0.1, 0.15) is 0 Å². The summed E-state index contributed by atoms with van der Waals surface area (Å²) in [4.78, 5) is 11.7. The van der Waals surface area contributed by atoms with E-state index in [2.05, 4.69) is 13.8 Å². The van der Waals surface area contributed by atoms with E-state index in [0.29, 0.717) is 25.7 Å². The van der Waals surface area contributed by atoms with E-state index >= 15 is 0 Å². The fourth-order valence-electron chi connectivity index (χ4n) is 3.54. The second-order valence-corrected chi connectivity index (χ2v) is 7.32. The number of unbranched alkanes of at least 4 members (excludes halogenated alkanes) is 9. The van der Waals surface area contributed by atoms with Gasteiger partial charge in [-0.2, -0.15) is 0 Å². The van der Waals surface area contributed by atoms with E-state index in [1.54, 1.807) is 0 Å². The number of hydrogen-bond donors (Lipinski definition) is 1. The third kappa shape index (κ3) is 7.19. The van der Waals surface area contributed by atoms with Crippen LogP contribution in [-0.4, -0.2) is 5.91 Å². The van der Waals surface area contributed by atoms with Crippen LogP contribution in [0.1, 0.15) is 106 Å². The maximum Gasteiger partial charge on any atom is 0.252 e. The number of carbonyl (C=O) groups excluding carboxylic acids is 1. The molecule has 154 valence electrons. The van der Waals surface area contributed by atoms with Crippen molar-refractivity contribution in [2.45, 2.75) is 97.3 Å². The molecule has 2 N–H and O–H groups in total. The smallest absolute Gasteiger partial charge is 0.252 e. The predicted octanol–water partition coefficient (Wildman–Crippen LogP) is 6.62. The Labute approximate surface area is 161 Å². The van der Waals surface area contributed by atoms with Crippen molar-refractivity contribution in [3.63, 3.8) is 0 Å². The molecular formula is C22H34F3NO. The lowest BCUT2D eigenvalue weighted by molar-refractivity contribution is 0.0994. The minimum atomic E-state index is -1.58. The molecule has 0 saturated heterocycles. The van der Waals surface area contributed by atoms with Gasteiger partial charge in [0, 0.05) is 0 Å². The summed E-state index contributed by atoms with van der Waals surface area (Å²) in [7, 11) is 0. The summed E-state index contributed by atoms with van der Waals surface area (Å²) in [6, 6.07) is 0. The van der Waals surface area contributed by atoms with Gasteiger partial charge in [-0.3, -0.25) is 4.79 Å². The normalized spacial score (nSPS) is 11.1. The lowest BCUT2D eigenvalue weighted by atomic mass is 9.91. The monoisotopic (exact) mass is 385 g/mol. The van der Waals surface area contributed by atoms with Gasteiger partial charge in [-0.1, -0.05) is 71.6 Å². The molecular weight excluding hydrogens is 351 g/mol. The Morgan fingerprint density at radius 3 is 1.59 bits per heavy atom. The van der Waals surface area contributed by atoms with Crippen molar-refractivity contribution < 1.29 is 18.0 Å². The van der Waals surface area contributed by atoms with Crippen LogP contribution in [0.3, 0.4) is 0 Å². The zero-order valence-corrected chi connectivity index (χ0v) is 16.8. The maximum absolute atomic E-state index is 14.5. The molecule has 5 heteroatoms. The van der Waals surface area contributed by atoms with E-state index in [4.69, 9.17) is 5.73 Å². The van der Waals surface area contributed by atoms with Crippen molar-refractivity contribution in [3.8, 4) is 0 Å². The minimum absolute atomic E-state index is 0.133. The quantitative estimate of drug-likeness (QED) is 0.284. The molecule has 0 aliphatic carbocycles. The summed E-state index contributed by atoms with van der Waals surface area (Å²) in [6.45, 7) is 4.24. The Kier molecular flexibility index (Phi) is 11.1. The van der Waals surface area contributed by atoms with Gasteiger partial charge in [-0.25, -0.2) is 13.2 Å². The molecule has 0 bridgehead atoms. The summed E-state index contributed by atoms with van der Waals surface area (Å²) < 4.78 is 42.7. The number of primary amides is 1. The summed E-state index contributed by atoms with van der Waals surface area (Å²) >= 11 is 0. The third-order valence-corrected chi connectivity index (χ3v) is 5.09. The summed E-state index contributed by atoms with van der Waals surface area (Å²) in [5.74, 6) is -5.22. The van der Waals surface area contributed by atoms with E-state index in [-0.39, 0.29) is 11.1 Å². The second kappa shape index (κ2) is 12.8. The topological polar surface area (TPSA) is 43.1 Å². The SMILES string of the molecule is CCCCCCCCc1c(F)c(F)c(F)c(C(N)=O)c1CCCCCCC. The highest BCUT2D eigenvalue weighted by atomic mass is 19.2.